The smallest absolute Gasteiger partial charge is 0.134 e. The summed E-state index contributed by atoms with van der Waals surface area (Å²) in [6.45, 7) is 5.54. The lowest BCUT2D eigenvalue weighted by atomic mass is 10.1. The Morgan fingerprint density at radius 1 is 1.16 bits per heavy atom. The molecule has 2 heteroatoms. The predicted octanol–water partition coefficient (Wildman–Crippen LogP) is 2.59. The van der Waals surface area contributed by atoms with Gasteiger partial charge in [-0.25, -0.2) is 0 Å². The predicted molar refractivity (Wildman–Crippen MR) is 80.2 cm³/mol. The highest BCUT2D eigenvalue weighted by Crippen LogP contribution is 2.03. The molecule has 0 aliphatic carbocycles. The summed E-state index contributed by atoms with van der Waals surface area (Å²) in [7, 11) is 0. The molecule has 0 saturated carbocycles. The second-order valence-electron chi connectivity index (χ2n) is 4.03. The Balaban J connectivity index is 3.91. The topological polar surface area (TPSA) is 40.5 Å². The van der Waals surface area contributed by atoms with Crippen LogP contribution in [0, 0.1) is 23.7 Å². The van der Waals surface area contributed by atoms with Crippen LogP contribution in [-0.2, 0) is 0 Å². The van der Waals surface area contributed by atoms with E-state index in [1.165, 1.54) is 6.08 Å². The number of aliphatic hydroxyl groups is 2. The molecule has 0 aromatic carbocycles. The molecular formula is C17H22O2. The minimum atomic E-state index is -0.823. The Kier molecular flexibility index (Phi) is 11.5. The molecule has 2 atom stereocenters. The lowest BCUT2D eigenvalue weighted by Crippen LogP contribution is -2.00. The van der Waals surface area contributed by atoms with E-state index < -0.39 is 6.10 Å². The maximum Gasteiger partial charge on any atom is 0.134 e. The maximum absolute atomic E-state index is 9.59. The van der Waals surface area contributed by atoms with Gasteiger partial charge in [0.1, 0.15) is 6.10 Å². The first kappa shape index (κ1) is 17.3. The summed E-state index contributed by atoms with van der Waals surface area (Å²) in [5.41, 5.74) is 0. The number of hydrogen-bond acceptors (Lipinski definition) is 2. The third-order valence-electron chi connectivity index (χ3n) is 2.31. The zero-order chi connectivity index (χ0) is 14.3. The first-order valence-electron chi connectivity index (χ1n) is 6.53. The minimum Gasteiger partial charge on any atom is -0.389 e. The van der Waals surface area contributed by atoms with Crippen molar-refractivity contribution in [3.8, 4) is 23.7 Å². The molecule has 0 radical (unpaired) electrons. The Morgan fingerprint density at radius 3 is 2.63 bits per heavy atom. The number of rotatable bonds is 7. The van der Waals surface area contributed by atoms with E-state index in [1.807, 2.05) is 0 Å². The summed E-state index contributed by atoms with van der Waals surface area (Å²) in [4.78, 5) is 0. The molecule has 0 saturated heterocycles. The van der Waals surface area contributed by atoms with Crippen LogP contribution in [0.4, 0.5) is 0 Å². The fourth-order valence-corrected chi connectivity index (χ4v) is 1.24. The average molecular weight is 258 g/mol. The second kappa shape index (κ2) is 12.7. The van der Waals surface area contributed by atoms with Gasteiger partial charge < -0.3 is 10.2 Å². The van der Waals surface area contributed by atoms with E-state index >= 15 is 0 Å². The van der Waals surface area contributed by atoms with Gasteiger partial charge in [0.15, 0.2) is 0 Å². The van der Waals surface area contributed by atoms with Crippen LogP contribution < -0.4 is 0 Å². The maximum atomic E-state index is 9.59. The summed E-state index contributed by atoms with van der Waals surface area (Å²) in [6.07, 6.45) is 11.2. The molecule has 0 heterocycles. The van der Waals surface area contributed by atoms with Crippen LogP contribution in [0.25, 0.3) is 0 Å². The van der Waals surface area contributed by atoms with Crippen molar-refractivity contribution < 1.29 is 10.2 Å². The molecule has 0 fully saturated rings. The molecule has 0 bridgehead atoms. The quantitative estimate of drug-likeness (QED) is 0.319. The Hall–Kier alpha value is -1.74. The highest BCUT2D eigenvalue weighted by atomic mass is 16.3. The van der Waals surface area contributed by atoms with Crippen molar-refractivity contribution in [3.63, 3.8) is 0 Å². The van der Waals surface area contributed by atoms with Crippen LogP contribution in [0.1, 0.15) is 32.6 Å². The lowest BCUT2D eigenvalue weighted by Gasteiger charge is -2.02. The monoisotopic (exact) mass is 258 g/mol. The van der Waals surface area contributed by atoms with Gasteiger partial charge in [0.25, 0.3) is 0 Å². The molecule has 102 valence electrons. The fourth-order valence-electron chi connectivity index (χ4n) is 1.24. The SMILES string of the molecule is C=CC(O)C#CC#CC=CC=CC(O)CCCCC. The largest absolute Gasteiger partial charge is 0.389 e. The number of allylic oxidation sites excluding steroid dienone is 3. The van der Waals surface area contributed by atoms with Crippen LogP contribution >= 0.6 is 0 Å². The van der Waals surface area contributed by atoms with E-state index in [9.17, 15) is 5.11 Å². The van der Waals surface area contributed by atoms with Crippen LogP contribution in [0.5, 0.6) is 0 Å². The van der Waals surface area contributed by atoms with E-state index in [0.717, 1.165) is 25.7 Å². The van der Waals surface area contributed by atoms with E-state index in [1.54, 1.807) is 24.3 Å². The Labute approximate surface area is 116 Å². The van der Waals surface area contributed by atoms with Crippen molar-refractivity contribution >= 4 is 0 Å². The van der Waals surface area contributed by atoms with Crippen LogP contribution in [0.2, 0.25) is 0 Å². The summed E-state index contributed by atoms with van der Waals surface area (Å²) < 4.78 is 0. The van der Waals surface area contributed by atoms with E-state index in [4.69, 9.17) is 5.11 Å². The van der Waals surface area contributed by atoms with Gasteiger partial charge in [0.05, 0.1) is 6.10 Å². The molecule has 0 aliphatic rings. The van der Waals surface area contributed by atoms with Gasteiger partial charge in [-0.05, 0) is 24.3 Å². The molecule has 2 unspecified atom stereocenters. The molecule has 0 aliphatic heterocycles. The van der Waals surface area contributed by atoms with Gasteiger partial charge >= 0.3 is 0 Å². The summed E-state index contributed by atoms with van der Waals surface area (Å²) >= 11 is 0. The fraction of sp³-hybridized carbons (Fsp3) is 0.412. The van der Waals surface area contributed by atoms with Gasteiger partial charge in [0.2, 0.25) is 0 Å². The van der Waals surface area contributed by atoms with Gasteiger partial charge in [-0.2, -0.15) is 0 Å². The average Bonchev–Trinajstić information content (AvgIpc) is 2.41. The number of unbranched alkanes of at least 4 members (excludes halogenated alkanes) is 2. The highest BCUT2D eigenvalue weighted by Gasteiger charge is 1.96. The normalized spacial score (nSPS) is 13.4. The van der Waals surface area contributed by atoms with Crippen LogP contribution in [0.15, 0.2) is 37.0 Å². The molecule has 0 spiro atoms. The highest BCUT2D eigenvalue weighted by molar-refractivity contribution is 5.33. The summed E-state index contributed by atoms with van der Waals surface area (Å²) in [5, 5.41) is 18.6. The van der Waals surface area contributed by atoms with E-state index in [0.29, 0.717) is 0 Å². The first-order valence-corrected chi connectivity index (χ1v) is 6.53. The van der Waals surface area contributed by atoms with Crippen molar-refractivity contribution in [1.29, 1.82) is 0 Å². The number of hydrogen-bond donors (Lipinski definition) is 2. The lowest BCUT2D eigenvalue weighted by molar-refractivity contribution is 0.208. The van der Waals surface area contributed by atoms with Gasteiger partial charge in [0, 0.05) is 0 Å². The van der Waals surface area contributed by atoms with Crippen molar-refractivity contribution in [1.82, 2.24) is 0 Å². The van der Waals surface area contributed by atoms with Crippen LogP contribution in [0.3, 0.4) is 0 Å². The zero-order valence-electron chi connectivity index (χ0n) is 11.5. The molecule has 0 rings (SSSR count). The third kappa shape index (κ3) is 12.5. The van der Waals surface area contributed by atoms with Gasteiger partial charge in [-0.3, -0.25) is 0 Å². The van der Waals surface area contributed by atoms with Crippen molar-refractivity contribution in [2.75, 3.05) is 0 Å². The van der Waals surface area contributed by atoms with Gasteiger partial charge in [-0.15, -0.1) is 0 Å². The second-order valence-corrected chi connectivity index (χ2v) is 4.03. The van der Waals surface area contributed by atoms with E-state index in [2.05, 4.69) is 37.2 Å². The first-order chi connectivity index (χ1) is 9.20. The molecule has 0 aromatic heterocycles. The molecule has 0 aromatic rings. The molecular weight excluding hydrogens is 236 g/mol. The molecule has 19 heavy (non-hydrogen) atoms. The van der Waals surface area contributed by atoms with Crippen LogP contribution in [-0.4, -0.2) is 22.4 Å². The van der Waals surface area contributed by atoms with E-state index in [-0.39, 0.29) is 6.10 Å². The van der Waals surface area contributed by atoms with Crippen molar-refractivity contribution in [3.05, 3.63) is 37.0 Å². The summed E-state index contributed by atoms with van der Waals surface area (Å²) in [5.74, 6) is 10.3. The minimum absolute atomic E-state index is 0.383. The molecule has 2 N–H and O–H groups in total. The van der Waals surface area contributed by atoms with Gasteiger partial charge in [-0.1, -0.05) is 68.9 Å². The molecule has 2 nitrogen and oxygen atoms in total. The van der Waals surface area contributed by atoms with Crippen molar-refractivity contribution in [2.45, 2.75) is 44.8 Å². The molecule has 0 amide bonds. The Bertz CT molecular complexity index is 410. The van der Waals surface area contributed by atoms with Crippen molar-refractivity contribution in [2.24, 2.45) is 0 Å². The zero-order valence-corrected chi connectivity index (χ0v) is 11.5. The Morgan fingerprint density at radius 2 is 1.95 bits per heavy atom. The third-order valence-corrected chi connectivity index (χ3v) is 2.31. The standard InChI is InChI=1S/C17H22O2/c1-3-5-10-14-17(19)15-12-9-7-6-8-11-13-16(18)4-2/h4,7,9,12,15-19H,2-3,5,10,14H2,1H3. The number of aliphatic hydroxyl groups excluding tert-OH is 2. The summed E-state index contributed by atoms with van der Waals surface area (Å²) in [6, 6.07) is 0.